The van der Waals surface area contributed by atoms with E-state index >= 15 is 0 Å². The van der Waals surface area contributed by atoms with Crippen LogP contribution >= 0.6 is 0 Å². The molecule has 1 aromatic heterocycles. The maximum absolute atomic E-state index is 12.2. The largest absolute Gasteiger partial charge is 0.507 e. The van der Waals surface area contributed by atoms with Crippen molar-refractivity contribution in [1.29, 1.82) is 0 Å². The van der Waals surface area contributed by atoms with Crippen LogP contribution in [-0.4, -0.2) is 11.7 Å². The lowest BCUT2D eigenvalue weighted by molar-refractivity contribution is 0.370. The van der Waals surface area contributed by atoms with Crippen LogP contribution in [0.3, 0.4) is 0 Å². The molecule has 0 saturated heterocycles. The fraction of sp³-hybridized carbons (Fsp3) is 0.0556. The number of phenols is 1. The molecule has 3 aromatic rings. The van der Waals surface area contributed by atoms with E-state index in [0.29, 0.717) is 22.7 Å². The highest BCUT2D eigenvalue weighted by Crippen LogP contribution is 2.28. The Morgan fingerprint density at radius 2 is 2.00 bits per heavy atom. The van der Waals surface area contributed by atoms with Gasteiger partial charge in [-0.1, -0.05) is 24.1 Å². The molecule has 0 aliphatic rings. The third-order valence-corrected chi connectivity index (χ3v) is 3.17. The standard InChI is InChI=1S/C18H12O4/c1-2-9-21-13-6-3-5-12(10-13)17-11-15(20)18-14(19)7-4-8-16(18)22-17/h1,3-8,10-11,19H,9H2. The van der Waals surface area contributed by atoms with Crippen molar-refractivity contribution >= 4 is 11.0 Å². The van der Waals surface area contributed by atoms with Gasteiger partial charge in [0.2, 0.25) is 0 Å². The molecule has 108 valence electrons. The number of fused-ring (bicyclic) bond motifs is 1. The van der Waals surface area contributed by atoms with Crippen molar-refractivity contribution in [2.75, 3.05) is 6.61 Å². The SMILES string of the molecule is C#CCOc1cccc(-c2cc(=O)c3c(O)cccc3o2)c1. The molecule has 0 radical (unpaired) electrons. The summed E-state index contributed by atoms with van der Waals surface area (Å²) in [5, 5.41) is 9.93. The molecular weight excluding hydrogens is 280 g/mol. The summed E-state index contributed by atoms with van der Waals surface area (Å²) < 4.78 is 11.1. The smallest absolute Gasteiger partial charge is 0.197 e. The Labute approximate surface area is 126 Å². The molecule has 0 amide bonds. The summed E-state index contributed by atoms with van der Waals surface area (Å²) in [7, 11) is 0. The van der Waals surface area contributed by atoms with Crippen LogP contribution in [0.15, 0.2) is 57.7 Å². The highest BCUT2D eigenvalue weighted by atomic mass is 16.5. The van der Waals surface area contributed by atoms with Crippen LogP contribution in [0.4, 0.5) is 0 Å². The minimum absolute atomic E-state index is 0.0936. The summed E-state index contributed by atoms with van der Waals surface area (Å²) in [6, 6.07) is 13.2. The molecule has 22 heavy (non-hydrogen) atoms. The molecule has 3 rings (SSSR count). The van der Waals surface area contributed by atoms with Crippen LogP contribution in [0.5, 0.6) is 11.5 Å². The predicted molar refractivity (Wildman–Crippen MR) is 83.9 cm³/mol. The van der Waals surface area contributed by atoms with Gasteiger partial charge in [0.05, 0.1) is 0 Å². The van der Waals surface area contributed by atoms with E-state index in [4.69, 9.17) is 15.6 Å². The predicted octanol–water partition coefficient (Wildman–Crippen LogP) is 3.18. The summed E-state index contributed by atoms with van der Waals surface area (Å²) in [5.41, 5.74) is 0.721. The molecule has 0 fully saturated rings. The van der Waals surface area contributed by atoms with Crippen LogP contribution in [0.25, 0.3) is 22.3 Å². The molecule has 0 saturated carbocycles. The number of hydrogen-bond acceptors (Lipinski definition) is 4. The molecular formula is C18H12O4. The normalized spacial score (nSPS) is 10.3. The molecule has 0 aliphatic carbocycles. The van der Waals surface area contributed by atoms with Crippen molar-refractivity contribution in [2.24, 2.45) is 0 Å². The number of hydrogen-bond donors (Lipinski definition) is 1. The topological polar surface area (TPSA) is 59.7 Å². The second kappa shape index (κ2) is 5.66. The van der Waals surface area contributed by atoms with E-state index in [0.717, 1.165) is 0 Å². The Bertz CT molecular complexity index is 932. The zero-order valence-electron chi connectivity index (χ0n) is 11.6. The van der Waals surface area contributed by atoms with Gasteiger partial charge in [0.25, 0.3) is 0 Å². The van der Waals surface area contributed by atoms with Gasteiger partial charge in [-0.05, 0) is 24.3 Å². The van der Waals surface area contributed by atoms with E-state index in [2.05, 4.69) is 5.92 Å². The number of ether oxygens (including phenoxy) is 1. The zero-order valence-corrected chi connectivity index (χ0v) is 11.6. The van der Waals surface area contributed by atoms with Crippen molar-refractivity contribution in [3.63, 3.8) is 0 Å². The summed E-state index contributed by atoms with van der Waals surface area (Å²) in [6.07, 6.45) is 5.16. The van der Waals surface area contributed by atoms with Gasteiger partial charge < -0.3 is 14.3 Å². The van der Waals surface area contributed by atoms with Gasteiger partial charge in [-0.2, -0.15) is 0 Å². The Hall–Kier alpha value is -3.19. The van der Waals surface area contributed by atoms with E-state index in [-0.39, 0.29) is 23.2 Å². The number of rotatable bonds is 3. The molecule has 1 heterocycles. The fourth-order valence-corrected chi connectivity index (χ4v) is 2.20. The van der Waals surface area contributed by atoms with Crippen molar-refractivity contribution in [3.05, 3.63) is 58.8 Å². The van der Waals surface area contributed by atoms with Gasteiger partial charge >= 0.3 is 0 Å². The van der Waals surface area contributed by atoms with E-state index in [1.54, 1.807) is 36.4 Å². The number of phenolic OH excluding ortho intramolecular Hbond substituents is 1. The minimum atomic E-state index is -0.302. The quantitative estimate of drug-likeness (QED) is 0.753. The van der Waals surface area contributed by atoms with Gasteiger partial charge in [-0.15, -0.1) is 6.42 Å². The Balaban J connectivity index is 2.11. The summed E-state index contributed by atoms with van der Waals surface area (Å²) >= 11 is 0. The van der Waals surface area contributed by atoms with Crippen LogP contribution in [0.1, 0.15) is 0 Å². The first-order valence-corrected chi connectivity index (χ1v) is 6.61. The van der Waals surface area contributed by atoms with Gasteiger partial charge in [0.15, 0.2) is 5.43 Å². The lowest BCUT2D eigenvalue weighted by atomic mass is 10.1. The number of benzene rings is 2. The second-order valence-electron chi connectivity index (χ2n) is 4.65. The highest BCUT2D eigenvalue weighted by molar-refractivity contribution is 5.84. The third-order valence-electron chi connectivity index (χ3n) is 3.17. The van der Waals surface area contributed by atoms with Gasteiger partial charge in [0, 0.05) is 11.6 Å². The zero-order chi connectivity index (χ0) is 15.5. The van der Waals surface area contributed by atoms with Crippen LogP contribution < -0.4 is 10.2 Å². The Kier molecular flexibility index (Phi) is 3.55. The molecule has 2 aromatic carbocycles. The van der Waals surface area contributed by atoms with E-state index in [9.17, 15) is 9.90 Å². The minimum Gasteiger partial charge on any atom is -0.507 e. The second-order valence-corrected chi connectivity index (χ2v) is 4.65. The number of terminal acetylenes is 1. The maximum Gasteiger partial charge on any atom is 0.197 e. The highest BCUT2D eigenvalue weighted by Gasteiger charge is 2.10. The molecule has 0 unspecified atom stereocenters. The number of aromatic hydroxyl groups is 1. The lowest BCUT2D eigenvalue weighted by Crippen LogP contribution is -2.00. The van der Waals surface area contributed by atoms with Crippen molar-refractivity contribution < 1.29 is 14.3 Å². The van der Waals surface area contributed by atoms with Crippen molar-refractivity contribution in [2.45, 2.75) is 0 Å². The molecule has 4 nitrogen and oxygen atoms in total. The molecule has 0 bridgehead atoms. The maximum atomic E-state index is 12.2. The fourth-order valence-electron chi connectivity index (χ4n) is 2.20. The third kappa shape index (κ3) is 2.52. The van der Waals surface area contributed by atoms with Crippen molar-refractivity contribution in [1.82, 2.24) is 0 Å². The van der Waals surface area contributed by atoms with E-state index in [1.165, 1.54) is 12.1 Å². The Morgan fingerprint density at radius 3 is 2.82 bits per heavy atom. The molecule has 0 spiro atoms. The lowest BCUT2D eigenvalue weighted by Gasteiger charge is -2.06. The molecule has 4 heteroatoms. The summed E-state index contributed by atoms with van der Waals surface area (Å²) in [5.74, 6) is 3.29. The monoisotopic (exact) mass is 292 g/mol. The first-order chi connectivity index (χ1) is 10.7. The molecule has 0 atom stereocenters. The molecule has 0 aliphatic heterocycles. The first-order valence-electron chi connectivity index (χ1n) is 6.61. The van der Waals surface area contributed by atoms with E-state index in [1.807, 2.05) is 0 Å². The Morgan fingerprint density at radius 1 is 1.18 bits per heavy atom. The van der Waals surface area contributed by atoms with Gasteiger partial charge in [0.1, 0.15) is 34.8 Å². The van der Waals surface area contributed by atoms with Crippen molar-refractivity contribution in [3.8, 4) is 35.2 Å². The molecule has 1 N–H and O–H groups in total. The average molecular weight is 292 g/mol. The van der Waals surface area contributed by atoms with Crippen LogP contribution in [-0.2, 0) is 0 Å². The van der Waals surface area contributed by atoms with E-state index < -0.39 is 0 Å². The van der Waals surface area contributed by atoms with Gasteiger partial charge in [-0.3, -0.25) is 4.79 Å². The van der Waals surface area contributed by atoms with Crippen LogP contribution in [0, 0.1) is 12.3 Å². The summed E-state index contributed by atoms with van der Waals surface area (Å²) in [4.78, 5) is 12.2. The van der Waals surface area contributed by atoms with Crippen LogP contribution in [0.2, 0.25) is 0 Å². The first kappa shape index (κ1) is 13.8. The average Bonchev–Trinajstić information content (AvgIpc) is 2.53. The summed E-state index contributed by atoms with van der Waals surface area (Å²) in [6.45, 7) is 0.166. The van der Waals surface area contributed by atoms with Gasteiger partial charge in [-0.25, -0.2) is 0 Å².